The number of carbonyl (C=O) groups excluding carboxylic acids is 4. The fraction of sp³-hybridized carbons (Fsp3) is 0.733. The first kappa shape index (κ1) is 30.2. The van der Waals surface area contributed by atoms with Gasteiger partial charge in [-0.25, -0.2) is 0 Å². The van der Waals surface area contributed by atoms with E-state index in [-0.39, 0.29) is 43.3 Å². The maximum Gasteiger partial charge on any atom is 0.313 e. The summed E-state index contributed by atoms with van der Waals surface area (Å²) >= 11 is 0. The molecule has 0 saturated carbocycles. The third-order valence-corrected chi connectivity index (χ3v) is 8.41. The van der Waals surface area contributed by atoms with Crippen LogP contribution in [0.25, 0.3) is 0 Å². The van der Waals surface area contributed by atoms with Gasteiger partial charge in [-0.3, -0.25) is 19.2 Å². The Bertz CT molecular complexity index is 1090. The zero-order chi connectivity index (χ0) is 29.6. The van der Waals surface area contributed by atoms with Crippen LogP contribution in [0.4, 0.5) is 0 Å². The van der Waals surface area contributed by atoms with E-state index in [1.54, 1.807) is 30.9 Å². The lowest BCUT2D eigenvalue weighted by Gasteiger charge is -2.46. The standard InChI is InChI=1S/C30H45N3O7/c1-18(16-34)33-24-26(37)32(29(6,7)17-28(3,4)5)14-10-8-9-11-21(35)31-15-19(2)39-27(38)22-20-12-13-30(24,40-20)23(22)25(33)36/h8,10,12-13,18-20,22-24,34H,9,11,14-17H2,1-7H3,(H,31,35)/b10-8-/t18-,19+,20-,22+,23+,24-,30+/m1/s1. The first-order chi connectivity index (χ1) is 18.6. The summed E-state index contributed by atoms with van der Waals surface area (Å²) in [5, 5.41) is 12.9. The molecular weight excluding hydrogens is 514 g/mol. The molecule has 0 aromatic carbocycles. The lowest BCUT2D eigenvalue weighted by molar-refractivity contribution is -0.159. The number of allylic oxidation sites excluding steroid dienone is 1. The second kappa shape index (κ2) is 10.9. The average molecular weight is 560 g/mol. The van der Waals surface area contributed by atoms with Crippen molar-refractivity contribution in [1.82, 2.24) is 15.1 Å². The van der Waals surface area contributed by atoms with E-state index in [1.807, 2.05) is 26.0 Å². The first-order valence-electron chi connectivity index (χ1n) is 14.4. The van der Waals surface area contributed by atoms with Gasteiger partial charge in [-0.05, 0) is 46.0 Å². The number of nitrogens with zero attached hydrogens (tertiary/aromatic N) is 2. The van der Waals surface area contributed by atoms with E-state index in [1.165, 1.54) is 4.90 Å². The van der Waals surface area contributed by atoms with E-state index in [4.69, 9.17) is 9.47 Å². The molecule has 0 aromatic heterocycles. The fourth-order valence-corrected chi connectivity index (χ4v) is 7.07. The molecule has 222 valence electrons. The summed E-state index contributed by atoms with van der Waals surface area (Å²) in [6, 6.07) is -1.73. The van der Waals surface area contributed by atoms with Crippen LogP contribution in [0, 0.1) is 17.3 Å². The molecule has 0 aliphatic carbocycles. The van der Waals surface area contributed by atoms with Gasteiger partial charge in [0, 0.05) is 18.5 Å². The summed E-state index contributed by atoms with van der Waals surface area (Å²) < 4.78 is 12.1. The summed E-state index contributed by atoms with van der Waals surface area (Å²) in [6.45, 7) is 13.8. The van der Waals surface area contributed by atoms with Crippen LogP contribution in [0.1, 0.15) is 67.7 Å². The van der Waals surface area contributed by atoms with Crippen LogP contribution in [-0.2, 0) is 28.7 Å². The molecule has 4 heterocycles. The van der Waals surface area contributed by atoms with E-state index in [0.29, 0.717) is 12.8 Å². The van der Waals surface area contributed by atoms with E-state index in [9.17, 15) is 24.3 Å². The molecule has 2 fully saturated rings. The topological polar surface area (TPSA) is 125 Å². The molecular formula is C30H45N3O7. The first-order valence-corrected chi connectivity index (χ1v) is 14.4. The number of amides is 3. The van der Waals surface area contributed by atoms with Gasteiger partial charge in [-0.2, -0.15) is 0 Å². The Labute approximate surface area is 237 Å². The van der Waals surface area contributed by atoms with Crippen molar-refractivity contribution in [2.75, 3.05) is 19.7 Å². The number of nitrogens with one attached hydrogen (secondary N) is 1. The second-order valence-electron chi connectivity index (χ2n) is 13.5. The van der Waals surface area contributed by atoms with Crippen LogP contribution >= 0.6 is 0 Å². The molecule has 2 N–H and O–H groups in total. The number of likely N-dealkylation sites (tertiary alicyclic amines) is 1. The Morgan fingerprint density at radius 2 is 1.82 bits per heavy atom. The third kappa shape index (κ3) is 5.44. The molecule has 5 bridgehead atoms. The normalized spacial score (nSPS) is 35.0. The van der Waals surface area contributed by atoms with Crippen LogP contribution in [-0.4, -0.2) is 93.7 Å². The number of ether oxygens (including phenoxy) is 2. The number of hydrogen-bond acceptors (Lipinski definition) is 7. The molecule has 0 unspecified atom stereocenters. The molecule has 4 aliphatic rings. The van der Waals surface area contributed by atoms with Gasteiger partial charge >= 0.3 is 5.97 Å². The minimum atomic E-state index is -1.35. The van der Waals surface area contributed by atoms with Crippen LogP contribution < -0.4 is 5.32 Å². The zero-order valence-electron chi connectivity index (χ0n) is 24.8. The third-order valence-electron chi connectivity index (χ3n) is 8.41. The highest BCUT2D eigenvalue weighted by molar-refractivity contribution is 5.99. The lowest BCUT2D eigenvalue weighted by atomic mass is 9.74. The van der Waals surface area contributed by atoms with Crippen molar-refractivity contribution in [2.45, 2.75) is 103 Å². The quantitative estimate of drug-likeness (QED) is 0.398. The maximum atomic E-state index is 14.7. The summed E-state index contributed by atoms with van der Waals surface area (Å²) in [6.07, 6.45) is 7.39. The molecule has 0 aromatic rings. The van der Waals surface area contributed by atoms with Gasteiger partial charge in [-0.1, -0.05) is 45.1 Å². The van der Waals surface area contributed by atoms with Crippen LogP contribution in [0.2, 0.25) is 0 Å². The maximum absolute atomic E-state index is 14.7. The van der Waals surface area contributed by atoms with Crippen molar-refractivity contribution >= 4 is 23.7 Å². The molecule has 40 heavy (non-hydrogen) atoms. The molecule has 1 spiro atoms. The van der Waals surface area contributed by atoms with Crippen LogP contribution in [0.5, 0.6) is 0 Å². The molecule has 0 radical (unpaired) electrons. The minimum absolute atomic E-state index is 0.1000. The average Bonchev–Trinajstić information content (AvgIpc) is 3.49. The smallest absolute Gasteiger partial charge is 0.313 e. The van der Waals surface area contributed by atoms with E-state index < -0.39 is 59.1 Å². The fourth-order valence-electron chi connectivity index (χ4n) is 7.07. The molecule has 3 amide bonds. The number of aliphatic hydroxyl groups excluding tert-OH is 1. The number of aliphatic hydroxyl groups is 1. The van der Waals surface area contributed by atoms with Crippen molar-refractivity contribution in [2.24, 2.45) is 17.3 Å². The Hall–Kier alpha value is -2.72. The van der Waals surface area contributed by atoms with Gasteiger partial charge < -0.3 is 29.7 Å². The number of fused-ring (bicyclic) bond motifs is 2. The molecule has 4 aliphatic heterocycles. The summed E-state index contributed by atoms with van der Waals surface area (Å²) in [5.41, 5.74) is -2.06. The highest BCUT2D eigenvalue weighted by atomic mass is 16.6. The Morgan fingerprint density at radius 3 is 2.48 bits per heavy atom. The van der Waals surface area contributed by atoms with E-state index in [2.05, 4.69) is 26.1 Å². The molecule has 7 atom stereocenters. The van der Waals surface area contributed by atoms with Crippen molar-refractivity contribution in [3.05, 3.63) is 24.3 Å². The minimum Gasteiger partial charge on any atom is -0.460 e. The SMILES string of the molecule is C[C@H](CO)N1C(=O)[C@@H]2[C@H]3C(=O)O[C@@H](C)CNC(=O)CC/C=C\CN(C(C)(C)CC(C)(C)C)C(=O)[C@@H]1[C@]21C=C[C@H]3O1. The zero-order valence-corrected chi connectivity index (χ0v) is 24.8. The molecule has 2 saturated heterocycles. The predicted molar refractivity (Wildman–Crippen MR) is 148 cm³/mol. The van der Waals surface area contributed by atoms with Crippen molar-refractivity contribution in [1.29, 1.82) is 0 Å². The van der Waals surface area contributed by atoms with Gasteiger partial charge in [0.25, 0.3) is 0 Å². The monoisotopic (exact) mass is 559 g/mol. The highest BCUT2D eigenvalue weighted by Crippen LogP contribution is 2.56. The van der Waals surface area contributed by atoms with Gasteiger partial charge in [0.15, 0.2) is 0 Å². The number of cyclic esters (lactones) is 1. The van der Waals surface area contributed by atoms with Gasteiger partial charge in [0.2, 0.25) is 17.7 Å². The van der Waals surface area contributed by atoms with Gasteiger partial charge in [-0.15, -0.1) is 0 Å². The number of esters is 1. The molecule has 10 nitrogen and oxygen atoms in total. The van der Waals surface area contributed by atoms with Gasteiger partial charge in [0.1, 0.15) is 23.7 Å². The Kier molecular flexibility index (Phi) is 8.26. The van der Waals surface area contributed by atoms with Crippen LogP contribution in [0.15, 0.2) is 24.3 Å². The van der Waals surface area contributed by atoms with E-state index in [0.717, 1.165) is 0 Å². The van der Waals surface area contributed by atoms with E-state index >= 15 is 0 Å². The Balaban J connectivity index is 1.82. The second-order valence-corrected chi connectivity index (χ2v) is 13.5. The molecule has 10 heteroatoms. The lowest BCUT2D eigenvalue weighted by Crippen LogP contribution is -2.62. The summed E-state index contributed by atoms with van der Waals surface area (Å²) in [4.78, 5) is 57.8. The molecule has 4 rings (SSSR count). The largest absolute Gasteiger partial charge is 0.460 e. The van der Waals surface area contributed by atoms with Gasteiger partial charge in [0.05, 0.1) is 31.2 Å². The highest BCUT2D eigenvalue weighted by Gasteiger charge is 2.74. The summed E-state index contributed by atoms with van der Waals surface area (Å²) in [7, 11) is 0. The number of rotatable bonds is 4. The number of carbonyl (C=O) groups is 4. The predicted octanol–water partition coefficient (Wildman–Crippen LogP) is 1.96. The van der Waals surface area contributed by atoms with Crippen LogP contribution in [0.3, 0.4) is 0 Å². The number of hydrogen-bond donors (Lipinski definition) is 2. The van der Waals surface area contributed by atoms with Crippen molar-refractivity contribution in [3.63, 3.8) is 0 Å². The van der Waals surface area contributed by atoms with Crippen molar-refractivity contribution < 1.29 is 33.8 Å². The Morgan fingerprint density at radius 1 is 1.12 bits per heavy atom. The van der Waals surface area contributed by atoms with Crippen molar-refractivity contribution in [3.8, 4) is 0 Å². The summed E-state index contributed by atoms with van der Waals surface area (Å²) in [5.74, 6) is -3.36.